The van der Waals surface area contributed by atoms with Crippen LogP contribution in [0.4, 0.5) is 11.4 Å². The largest absolute Gasteiger partial charge is 0.344 e. The Morgan fingerprint density at radius 1 is 0.815 bits per heavy atom. The van der Waals surface area contributed by atoms with Crippen LogP contribution in [0.15, 0.2) is 94.4 Å². The van der Waals surface area contributed by atoms with Crippen molar-refractivity contribution in [3.63, 3.8) is 0 Å². The van der Waals surface area contributed by atoms with Gasteiger partial charge in [0.2, 0.25) is 5.69 Å². The molecule has 0 bridgehead atoms. The van der Waals surface area contributed by atoms with Crippen molar-refractivity contribution < 1.29 is 77.3 Å². The molecule has 3 aliphatic heterocycles. The Kier molecular flexibility index (Phi) is 16.9. The van der Waals surface area contributed by atoms with Gasteiger partial charge >= 0.3 is 5.97 Å². The number of fused-ring (bicyclic) bond motifs is 2. The summed E-state index contributed by atoms with van der Waals surface area (Å²) in [6.07, 6.45) is 14.3. The van der Waals surface area contributed by atoms with Crippen molar-refractivity contribution in [3.05, 3.63) is 95.8 Å². The zero-order chi connectivity index (χ0) is 47.8. The van der Waals surface area contributed by atoms with Gasteiger partial charge in [-0.1, -0.05) is 48.3 Å². The zero-order valence-electron chi connectivity index (χ0n) is 35.9. The lowest BCUT2D eigenvalue weighted by atomic mass is 9.77. The molecular weight excluding hydrogens is 931 g/mol. The number of hydroxylamine groups is 2. The van der Waals surface area contributed by atoms with E-state index in [1.165, 1.54) is 18.2 Å². The second kappa shape index (κ2) is 21.4. The molecule has 23 heteroatoms. The van der Waals surface area contributed by atoms with Gasteiger partial charge in [-0.3, -0.25) is 23.2 Å². The summed E-state index contributed by atoms with van der Waals surface area (Å²) in [4.78, 5) is 43.2. The zero-order valence-corrected chi connectivity index (χ0v) is 39.1. The predicted molar refractivity (Wildman–Crippen MR) is 239 cm³/mol. The molecule has 65 heavy (non-hydrogen) atoms. The van der Waals surface area contributed by atoms with Crippen molar-refractivity contribution in [2.24, 2.45) is 0 Å². The Morgan fingerprint density at radius 3 is 2.14 bits per heavy atom. The molecule has 2 aromatic carbocycles. The third-order valence-electron chi connectivity index (χ3n) is 11.3. The van der Waals surface area contributed by atoms with E-state index in [1.54, 1.807) is 42.5 Å². The highest BCUT2D eigenvalue weighted by atomic mass is 32.2. The number of hydrogen-bond donors (Lipinski definition) is 4. The third-order valence-corrected chi connectivity index (χ3v) is 14.3. The van der Waals surface area contributed by atoms with Crippen LogP contribution in [0.2, 0.25) is 0 Å². The van der Waals surface area contributed by atoms with Crippen molar-refractivity contribution in [1.29, 1.82) is 0 Å². The van der Waals surface area contributed by atoms with E-state index in [4.69, 9.17) is 10.1 Å². The summed E-state index contributed by atoms with van der Waals surface area (Å²) in [5.74, 6) is -2.87. The molecule has 2 amide bonds. The number of carbonyl (C=O) groups is 3. The fraction of sp³-hybridized carbons (Fsp3) is 0.429. The highest BCUT2D eigenvalue weighted by Gasteiger charge is 2.45. The maximum absolute atomic E-state index is 12.4. The Balaban J connectivity index is 1.40. The van der Waals surface area contributed by atoms with Gasteiger partial charge in [-0.15, -0.1) is 9.40 Å². The lowest BCUT2D eigenvalue weighted by Crippen LogP contribution is -2.32. The Labute approximate surface area is 382 Å². The molecule has 5 rings (SSSR count). The number of anilines is 1. The Hall–Kier alpha value is -4.56. The molecular formula is C42H52N3O16S4+. The van der Waals surface area contributed by atoms with Gasteiger partial charge in [-0.25, -0.2) is 10.1 Å². The molecule has 0 radical (unpaired) electrons. The lowest BCUT2D eigenvalue weighted by Gasteiger charge is -2.30. The number of nitrogens with zero attached hydrogens (tertiary/aromatic N) is 3. The molecule has 19 nitrogen and oxygen atoms in total. The van der Waals surface area contributed by atoms with E-state index in [2.05, 4.69) is 9.37 Å². The van der Waals surface area contributed by atoms with E-state index >= 15 is 0 Å². The Bertz CT molecular complexity index is 2640. The molecule has 0 saturated carbocycles. The van der Waals surface area contributed by atoms with E-state index in [9.17, 15) is 53.3 Å². The number of amides is 2. The number of unbranched alkanes of at least 4 members (excludes halogenated alkanes) is 2. The van der Waals surface area contributed by atoms with Crippen molar-refractivity contribution in [2.75, 3.05) is 29.5 Å². The van der Waals surface area contributed by atoms with Crippen LogP contribution < -0.4 is 4.90 Å². The van der Waals surface area contributed by atoms with Gasteiger partial charge in [0.15, 0.2) is 5.71 Å². The van der Waals surface area contributed by atoms with E-state index in [0.717, 1.165) is 29.0 Å². The van der Waals surface area contributed by atoms with Crippen LogP contribution in [0.5, 0.6) is 0 Å². The molecule has 1 unspecified atom stereocenters. The molecule has 0 aliphatic carbocycles. The van der Waals surface area contributed by atoms with Gasteiger partial charge in [0.05, 0.1) is 33.9 Å². The first-order chi connectivity index (χ1) is 30.5. The quantitative estimate of drug-likeness (QED) is 0.0141. The van der Waals surface area contributed by atoms with E-state index < -0.39 is 70.5 Å². The van der Waals surface area contributed by atoms with E-state index in [0.29, 0.717) is 52.6 Å². The topological polar surface area (TPSA) is 272 Å². The maximum atomic E-state index is 12.4. The summed E-state index contributed by atoms with van der Waals surface area (Å²) < 4.78 is 107. The summed E-state index contributed by atoms with van der Waals surface area (Å²) in [7, 11) is -13.1. The minimum Gasteiger partial charge on any atom is -0.344 e. The fourth-order valence-electron chi connectivity index (χ4n) is 8.22. The van der Waals surface area contributed by atoms with Gasteiger partial charge in [0.25, 0.3) is 42.2 Å². The molecule has 0 aromatic heterocycles. The minimum atomic E-state index is -4.62. The fourth-order valence-corrected chi connectivity index (χ4v) is 10.1. The normalized spacial score (nSPS) is 19.5. The number of benzene rings is 2. The van der Waals surface area contributed by atoms with Crippen LogP contribution in [0.25, 0.3) is 0 Å². The van der Waals surface area contributed by atoms with Crippen LogP contribution in [0.1, 0.15) is 89.7 Å². The first-order valence-electron chi connectivity index (χ1n) is 20.5. The summed E-state index contributed by atoms with van der Waals surface area (Å²) in [6.45, 7) is 6.27. The second-order valence-corrected chi connectivity index (χ2v) is 21.6. The summed E-state index contributed by atoms with van der Waals surface area (Å²) in [6, 6.07) is 9.61. The molecule has 0 spiro atoms. The first kappa shape index (κ1) is 51.4. The van der Waals surface area contributed by atoms with Crippen LogP contribution >= 0.6 is 12.0 Å². The number of rotatable bonds is 23. The summed E-state index contributed by atoms with van der Waals surface area (Å²) in [5, 5.41) is 12.9. The number of allylic oxidation sites excluding steroid dienone is 8. The van der Waals surface area contributed by atoms with Crippen LogP contribution in [0.3, 0.4) is 0 Å². The standard InChI is InChI=1S/C42H51N3O16S4/c1-41(2)32-28-30(62-61-60-49)17-19-34(32)43(24-12-26-63(50,51)52)36(41)14-8-5-4-6-9-15-37-42(3,23-11-7-10-16-40(48)59-45-38(46)21-22-39(45)47)33-29-31(65(56,57)58)18-20-35(33)44(37)25-13-27-64(53,54)55/h4-6,8-9,14-15,17-20,28-29H,7,10-13,16,21-27H2,1-3H3,(H3-,49,50,51,52,53,54,55,56,57,58)/p+1. The summed E-state index contributed by atoms with van der Waals surface area (Å²) >= 11 is 0.803. The average molecular weight is 983 g/mol. The molecule has 4 N–H and O–H groups in total. The van der Waals surface area contributed by atoms with E-state index in [1.807, 2.05) is 48.5 Å². The first-order valence-corrected chi connectivity index (χ1v) is 25.9. The van der Waals surface area contributed by atoms with Gasteiger partial charge in [-0.05, 0) is 82.0 Å². The lowest BCUT2D eigenvalue weighted by molar-refractivity contribution is -0.437. The average Bonchev–Trinajstić information content (AvgIpc) is 3.73. The monoisotopic (exact) mass is 982 g/mol. The number of hydrogen-bond acceptors (Lipinski definition) is 15. The van der Waals surface area contributed by atoms with Gasteiger partial charge < -0.3 is 9.74 Å². The smallest absolute Gasteiger partial charge is 0.333 e. The molecule has 2 aromatic rings. The van der Waals surface area contributed by atoms with E-state index in [-0.39, 0.29) is 50.1 Å². The molecule has 1 saturated heterocycles. The van der Waals surface area contributed by atoms with Gasteiger partial charge in [-0.2, -0.15) is 29.8 Å². The third kappa shape index (κ3) is 13.3. The predicted octanol–water partition coefficient (Wildman–Crippen LogP) is 6.18. The highest BCUT2D eigenvalue weighted by Crippen LogP contribution is 2.51. The Morgan fingerprint density at radius 2 is 1.48 bits per heavy atom. The van der Waals surface area contributed by atoms with Crippen molar-refractivity contribution >= 4 is 77.3 Å². The molecule has 354 valence electrons. The van der Waals surface area contributed by atoms with Gasteiger partial charge in [0, 0.05) is 71.6 Å². The van der Waals surface area contributed by atoms with Crippen LogP contribution in [-0.2, 0) is 69.8 Å². The van der Waals surface area contributed by atoms with Crippen LogP contribution in [0, 0.1) is 0 Å². The van der Waals surface area contributed by atoms with Crippen molar-refractivity contribution in [2.45, 2.75) is 99.2 Å². The number of imide groups is 1. The summed E-state index contributed by atoms with van der Waals surface area (Å²) in [5.41, 5.74) is 2.82. The minimum absolute atomic E-state index is 0.0151. The maximum Gasteiger partial charge on any atom is 0.333 e. The second-order valence-electron chi connectivity index (χ2n) is 16.3. The van der Waals surface area contributed by atoms with Gasteiger partial charge in [0.1, 0.15) is 6.54 Å². The molecule has 3 aliphatic rings. The number of carbonyl (C=O) groups excluding carboxylic acids is 3. The van der Waals surface area contributed by atoms with Crippen molar-refractivity contribution in [3.8, 4) is 0 Å². The highest BCUT2D eigenvalue weighted by molar-refractivity contribution is 7.94. The molecule has 3 heterocycles. The molecule has 1 atom stereocenters. The van der Waals surface area contributed by atoms with Crippen molar-refractivity contribution in [1.82, 2.24) is 5.06 Å². The molecule has 1 fully saturated rings. The van der Waals surface area contributed by atoms with Crippen LogP contribution in [-0.4, -0.2) is 102 Å². The SMILES string of the molecule is CC1(C)C(/C=C/C=C/C=C/C=C2\N(CCCS(=O)(=O)O)c3ccc(S(=O)(=O)O)cc3C2(C)CCCCCC(=O)ON2C(=O)CCC2=O)=[N+](CCCS(=O)(=O)O)c2ccc(SOOO)cc21.